The largest absolute Gasteiger partial charge is 0.443 e. The van der Waals surface area contributed by atoms with Gasteiger partial charge in [0.25, 0.3) is 10.0 Å². The molecule has 26 heavy (non-hydrogen) atoms. The Morgan fingerprint density at radius 3 is 2.35 bits per heavy atom. The van der Waals surface area contributed by atoms with Crippen molar-refractivity contribution in [3.05, 3.63) is 41.0 Å². The van der Waals surface area contributed by atoms with E-state index in [1.165, 1.54) is 12.1 Å². The minimum Gasteiger partial charge on any atom is -0.443 e. The van der Waals surface area contributed by atoms with E-state index >= 15 is 0 Å². The van der Waals surface area contributed by atoms with Crippen molar-refractivity contribution in [3.8, 4) is 0 Å². The van der Waals surface area contributed by atoms with Crippen LogP contribution in [0.2, 0.25) is 0 Å². The molecule has 1 saturated heterocycles. The zero-order valence-corrected chi connectivity index (χ0v) is 16.4. The third-order valence-electron chi connectivity index (χ3n) is 4.55. The molecule has 1 aromatic carbocycles. The molecule has 0 saturated carbocycles. The van der Waals surface area contributed by atoms with Gasteiger partial charge in [-0.3, -0.25) is 0 Å². The van der Waals surface area contributed by atoms with Crippen LogP contribution in [0.1, 0.15) is 45.6 Å². The van der Waals surface area contributed by atoms with Crippen molar-refractivity contribution >= 4 is 22.4 Å². The van der Waals surface area contributed by atoms with Gasteiger partial charge >= 0.3 is 6.09 Å². The highest BCUT2D eigenvalue weighted by atomic mass is 32.2. The van der Waals surface area contributed by atoms with E-state index in [0.717, 1.165) is 27.3 Å². The molecule has 7 heteroatoms. The zero-order chi connectivity index (χ0) is 19.5. The Morgan fingerprint density at radius 1 is 1.23 bits per heavy atom. The van der Waals surface area contributed by atoms with Crippen molar-refractivity contribution in [2.75, 3.05) is 0 Å². The van der Waals surface area contributed by atoms with Crippen LogP contribution in [-0.2, 0) is 19.6 Å². The molecule has 0 bridgehead atoms. The van der Waals surface area contributed by atoms with Crippen LogP contribution in [0, 0.1) is 6.92 Å². The standard InChI is InChI=1S/C19H25NO5S/c1-5-17-18(16(13(2)3)7-6-12-21)20(19(22)25-17)26(23,24)15-10-8-14(4)9-11-15/h8-12,17-18H,5-7H2,1-4H3. The Labute approximate surface area is 154 Å². The van der Waals surface area contributed by atoms with Gasteiger partial charge in [-0.2, -0.15) is 4.31 Å². The van der Waals surface area contributed by atoms with Gasteiger partial charge in [0.2, 0.25) is 0 Å². The number of hydrogen-bond donors (Lipinski definition) is 0. The summed E-state index contributed by atoms with van der Waals surface area (Å²) in [6, 6.07) is 5.62. The lowest BCUT2D eigenvalue weighted by atomic mass is 9.93. The van der Waals surface area contributed by atoms with E-state index < -0.39 is 28.3 Å². The number of benzene rings is 1. The number of carbonyl (C=O) groups excluding carboxylic acids is 2. The van der Waals surface area contributed by atoms with E-state index in [1.54, 1.807) is 12.1 Å². The monoisotopic (exact) mass is 379 g/mol. The van der Waals surface area contributed by atoms with Gasteiger partial charge in [-0.15, -0.1) is 0 Å². The molecule has 1 aliphatic rings. The molecule has 2 rings (SSSR count). The van der Waals surface area contributed by atoms with Crippen molar-refractivity contribution in [3.63, 3.8) is 0 Å². The summed E-state index contributed by atoms with van der Waals surface area (Å²) >= 11 is 0. The lowest BCUT2D eigenvalue weighted by Gasteiger charge is -2.27. The summed E-state index contributed by atoms with van der Waals surface area (Å²) in [5.74, 6) is 0. The normalized spacial score (nSPS) is 20.0. The lowest BCUT2D eigenvalue weighted by Crippen LogP contribution is -2.42. The second-order valence-electron chi connectivity index (χ2n) is 6.62. The second-order valence-corrected chi connectivity index (χ2v) is 8.43. The first kappa shape index (κ1) is 20.2. The first-order chi connectivity index (χ1) is 12.2. The van der Waals surface area contributed by atoms with Crippen molar-refractivity contribution in [1.82, 2.24) is 4.31 Å². The quantitative estimate of drug-likeness (QED) is 0.534. The highest BCUT2D eigenvalue weighted by Gasteiger charge is 2.49. The van der Waals surface area contributed by atoms with Crippen LogP contribution in [0.3, 0.4) is 0 Å². The molecule has 2 atom stereocenters. The fraction of sp³-hybridized carbons (Fsp3) is 0.474. The number of nitrogens with zero attached hydrogens (tertiary/aromatic N) is 1. The van der Waals surface area contributed by atoms with E-state index in [0.29, 0.717) is 12.8 Å². The molecule has 0 aromatic heterocycles. The predicted octanol–water partition coefficient (Wildman–Crippen LogP) is 3.60. The number of amides is 1. The molecule has 0 radical (unpaired) electrons. The first-order valence-corrected chi connectivity index (χ1v) is 10.1. The highest BCUT2D eigenvalue weighted by molar-refractivity contribution is 7.89. The number of sulfonamides is 1. The Morgan fingerprint density at radius 2 is 1.85 bits per heavy atom. The van der Waals surface area contributed by atoms with Crippen LogP contribution in [0.4, 0.5) is 4.79 Å². The van der Waals surface area contributed by atoms with E-state index in [2.05, 4.69) is 0 Å². The third kappa shape index (κ3) is 3.82. The van der Waals surface area contributed by atoms with Gasteiger partial charge in [0.1, 0.15) is 18.4 Å². The van der Waals surface area contributed by atoms with Gasteiger partial charge in [-0.1, -0.05) is 30.2 Å². The van der Waals surface area contributed by atoms with Gasteiger partial charge in [0.05, 0.1) is 4.90 Å². The fourth-order valence-electron chi connectivity index (χ4n) is 3.16. The number of carbonyl (C=O) groups is 2. The summed E-state index contributed by atoms with van der Waals surface area (Å²) in [6.07, 6.45) is 0.490. The fourth-order valence-corrected chi connectivity index (χ4v) is 4.67. The number of aryl methyl sites for hydroxylation is 1. The molecule has 0 aliphatic carbocycles. The molecule has 1 aliphatic heterocycles. The molecule has 2 unspecified atom stereocenters. The van der Waals surface area contributed by atoms with Crippen LogP contribution in [0.25, 0.3) is 0 Å². The number of cyclic esters (lactones) is 1. The molecule has 1 fully saturated rings. The van der Waals surface area contributed by atoms with Gasteiger partial charge < -0.3 is 9.53 Å². The second kappa shape index (κ2) is 8.03. The molecular formula is C19H25NO5S. The summed E-state index contributed by atoms with van der Waals surface area (Å²) in [7, 11) is -4.06. The average Bonchev–Trinajstić information content (AvgIpc) is 2.92. The molecule has 1 aromatic rings. The van der Waals surface area contributed by atoms with E-state index in [9.17, 15) is 18.0 Å². The number of hydrogen-bond acceptors (Lipinski definition) is 5. The zero-order valence-electron chi connectivity index (χ0n) is 15.6. The van der Waals surface area contributed by atoms with Crippen molar-refractivity contribution in [2.45, 2.75) is 64.0 Å². The maximum absolute atomic E-state index is 13.2. The summed E-state index contributed by atoms with van der Waals surface area (Å²) < 4.78 is 32.5. The van der Waals surface area contributed by atoms with Crippen molar-refractivity contribution < 1.29 is 22.7 Å². The van der Waals surface area contributed by atoms with Crippen LogP contribution in [0.15, 0.2) is 40.3 Å². The summed E-state index contributed by atoms with van der Waals surface area (Å²) in [5, 5.41) is 0. The van der Waals surface area contributed by atoms with Gasteiger partial charge in [-0.25, -0.2) is 13.2 Å². The maximum atomic E-state index is 13.2. The topological polar surface area (TPSA) is 80.8 Å². The van der Waals surface area contributed by atoms with Crippen molar-refractivity contribution in [2.24, 2.45) is 0 Å². The number of aldehydes is 1. The minimum atomic E-state index is -4.06. The van der Waals surface area contributed by atoms with Gasteiger partial charge in [0.15, 0.2) is 0 Å². The van der Waals surface area contributed by atoms with Crippen molar-refractivity contribution in [1.29, 1.82) is 0 Å². The number of allylic oxidation sites excluding steroid dienone is 1. The highest BCUT2D eigenvalue weighted by Crippen LogP contribution is 2.35. The van der Waals surface area contributed by atoms with E-state index in [1.807, 2.05) is 27.7 Å². The SMILES string of the molecule is CCC1OC(=O)N(S(=O)(=O)c2ccc(C)cc2)C1C(CCC=O)=C(C)C. The summed E-state index contributed by atoms with van der Waals surface area (Å²) in [4.78, 5) is 23.4. The Hall–Kier alpha value is -2.15. The average molecular weight is 379 g/mol. The van der Waals surface area contributed by atoms with E-state index in [-0.39, 0.29) is 11.3 Å². The van der Waals surface area contributed by atoms with Crippen LogP contribution in [-0.4, -0.2) is 37.2 Å². The Balaban J connectivity index is 2.55. The van der Waals surface area contributed by atoms with Crippen LogP contribution >= 0.6 is 0 Å². The third-order valence-corrected chi connectivity index (χ3v) is 6.31. The molecule has 1 heterocycles. The first-order valence-electron chi connectivity index (χ1n) is 8.65. The molecule has 6 nitrogen and oxygen atoms in total. The van der Waals surface area contributed by atoms with Crippen LogP contribution < -0.4 is 0 Å². The van der Waals surface area contributed by atoms with Crippen LogP contribution in [0.5, 0.6) is 0 Å². The molecule has 0 spiro atoms. The molecular weight excluding hydrogens is 354 g/mol. The maximum Gasteiger partial charge on any atom is 0.424 e. The summed E-state index contributed by atoms with van der Waals surface area (Å²) in [5.41, 5.74) is 2.56. The lowest BCUT2D eigenvalue weighted by molar-refractivity contribution is -0.107. The Kier molecular flexibility index (Phi) is 6.23. The summed E-state index contributed by atoms with van der Waals surface area (Å²) in [6.45, 7) is 7.41. The molecule has 0 N–H and O–H groups in total. The Bertz CT molecular complexity index is 807. The van der Waals surface area contributed by atoms with Gasteiger partial charge in [0, 0.05) is 6.42 Å². The number of rotatable bonds is 7. The molecule has 142 valence electrons. The predicted molar refractivity (Wildman–Crippen MR) is 98.2 cm³/mol. The van der Waals surface area contributed by atoms with Gasteiger partial charge in [-0.05, 0) is 51.3 Å². The van der Waals surface area contributed by atoms with E-state index in [4.69, 9.17) is 4.74 Å². The smallest absolute Gasteiger partial charge is 0.424 e. The minimum absolute atomic E-state index is 0.0466. The molecule has 1 amide bonds. The number of ether oxygens (including phenoxy) is 1.